The van der Waals surface area contributed by atoms with Crippen LogP contribution in [0.15, 0.2) is 28.8 Å². The average Bonchev–Trinajstić information content (AvgIpc) is 3.18. The van der Waals surface area contributed by atoms with Crippen molar-refractivity contribution in [3.8, 4) is 0 Å². The number of aryl methyl sites for hydroxylation is 3. The SMILES string of the molecule is Cc1ccc(C)c(C(=O)C2CCCN2C(=O)Cc2cc(C)on2)c1. The third kappa shape index (κ3) is 3.25. The monoisotopic (exact) mass is 326 g/mol. The number of hydrogen-bond donors (Lipinski definition) is 0. The Morgan fingerprint density at radius 1 is 1.25 bits per heavy atom. The molecule has 1 fully saturated rings. The van der Waals surface area contributed by atoms with E-state index in [9.17, 15) is 9.59 Å². The molecule has 3 rings (SSSR count). The maximum atomic E-state index is 13.0. The van der Waals surface area contributed by atoms with Gasteiger partial charge in [-0.25, -0.2) is 0 Å². The molecule has 126 valence electrons. The number of rotatable bonds is 4. The zero-order chi connectivity index (χ0) is 17.3. The van der Waals surface area contributed by atoms with Gasteiger partial charge < -0.3 is 9.42 Å². The van der Waals surface area contributed by atoms with Gasteiger partial charge in [0.25, 0.3) is 0 Å². The van der Waals surface area contributed by atoms with Gasteiger partial charge in [-0.05, 0) is 45.2 Å². The molecule has 5 heteroatoms. The number of hydrogen-bond acceptors (Lipinski definition) is 4. The molecule has 0 saturated carbocycles. The first-order valence-corrected chi connectivity index (χ1v) is 8.29. The van der Waals surface area contributed by atoms with Gasteiger partial charge in [0.15, 0.2) is 5.78 Å². The van der Waals surface area contributed by atoms with E-state index in [1.807, 2.05) is 32.0 Å². The fourth-order valence-electron chi connectivity index (χ4n) is 3.28. The summed E-state index contributed by atoms with van der Waals surface area (Å²) in [6, 6.07) is 7.26. The van der Waals surface area contributed by atoms with Gasteiger partial charge >= 0.3 is 0 Å². The number of benzene rings is 1. The summed E-state index contributed by atoms with van der Waals surface area (Å²) in [4.78, 5) is 27.3. The van der Waals surface area contributed by atoms with E-state index >= 15 is 0 Å². The molecule has 0 aliphatic carbocycles. The largest absolute Gasteiger partial charge is 0.361 e. The van der Waals surface area contributed by atoms with Gasteiger partial charge in [0.1, 0.15) is 5.76 Å². The highest BCUT2D eigenvalue weighted by Gasteiger charge is 2.35. The Hall–Kier alpha value is -2.43. The fourth-order valence-corrected chi connectivity index (χ4v) is 3.28. The number of carbonyl (C=O) groups excluding carboxylic acids is 2. The summed E-state index contributed by atoms with van der Waals surface area (Å²) in [5.74, 6) is 0.657. The Morgan fingerprint density at radius 2 is 2.04 bits per heavy atom. The quantitative estimate of drug-likeness (QED) is 0.810. The highest BCUT2D eigenvalue weighted by Crippen LogP contribution is 2.24. The van der Waals surface area contributed by atoms with Crippen molar-refractivity contribution >= 4 is 11.7 Å². The standard InChI is InChI=1S/C19H22N2O3/c1-12-6-7-13(2)16(9-12)19(23)17-5-4-8-21(17)18(22)11-15-10-14(3)24-20-15/h6-7,9-10,17H,4-5,8,11H2,1-3H3. The van der Waals surface area contributed by atoms with Gasteiger partial charge in [-0.1, -0.05) is 22.9 Å². The first-order valence-electron chi connectivity index (χ1n) is 8.29. The Balaban J connectivity index is 1.78. The molecule has 1 aromatic heterocycles. The van der Waals surface area contributed by atoms with Crippen molar-refractivity contribution in [3.05, 3.63) is 52.4 Å². The second kappa shape index (κ2) is 6.59. The molecule has 1 aromatic carbocycles. The van der Waals surface area contributed by atoms with E-state index < -0.39 is 0 Å². The van der Waals surface area contributed by atoms with Crippen LogP contribution in [0.3, 0.4) is 0 Å². The predicted octanol–water partition coefficient (Wildman–Crippen LogP) is 3.02. The van der Waals surface area contributed by atoms with Crippen LogP contribution in [0.25, 0.3) is 0 Å². The van der Waals surface area contributed by atoms with Gasteiger partial charge in [0.05, 0.1) is 18.2 Å². The Labute approximate surface area is 141 Å². The second-order valence-corrected chi connectivity index (χ2v) is 6.53. The Bertz CT molecular complexity index is 779. The van der Waals surface area contributed by atoms with Crippen molar-refractivity contribution in [2.75, 3.05) is 6.54 Å². The summed E-state index contributed by atoms with van der Waals surface area (Å²) in [6.45, 7) is 6.33. The van der Waals surface area contributed by atoms with Crippen LogP contribution >= 0.6 is 0 Å². The third-order valence-corrected chi connectivity index (χ3v) is 4.54. The van der Waals surface area contributed by atoms with Crippen LogP contribution in [0.2, 0.25) is 0 Å². The summed E-state index contributed by atoms with van der Waals surface area (Å²) in [6.07, 6.45) is 1.74. The van der Waals surface area contributed by atoms with Crippen molar-refractivity contribution in [3.63, 3.8) is 0 Å². The smallest absolute Gasteiger partial charge is 0.229 e. The number of ketones is 1. The number of nitrogens with zero attached hydrogens (tertiary/aromatic N) is 2. The van der Waals surface area contributed by atoms with E-state index in [4.69, 9.17) is 4.52 Å². The molecular formula is C19H22N2O3. The highest BCUT2D eigenvalue weighted by atomic mass is 16.5. The molecule has 0 bridgehead atoms. The molecule has 2 heterocycles. The highest BCUT2D eigenvalue weighted by molar-refractivity contribution is 6.03. The van der Waals surface area contributed by atoms with Crippen LogP contribution in [0.4, 0.5) is 0 Å². The molecule has 1 aliphatic heterocycles. The zero-order valence-corrected chi connectivity index (χ0v) is 14.3. The summed E-state index contributed by atoms with van der Waals surface area (Å²) in [5, 5.41) is 3.87. The Morgan fingerprint density at radius 3 is 2.75 bits per heavy atom. The lowest BCUT2D eigenvalue weighted by atomic mass is 9.96. The van der Waals surface area contributed by atoms with Crippen LogP contribution in [-0.4, -0.2) is 34.3 Å². The minimum Gasteiger partial charge on any atom is -0.361 e. The third-order valence-electron chi connectivity index (χ3n) is 4.54. The molecule has 0 N–H and O–H groups in total. The maximum Gasteiger partial charge on any atom is 0.229 e. The van der Waals surface area contributed by atoms with Crippen LogP contribution in [-0.2, 0) is 11.2 Å². The molecular weight excluding hydrogens is 304 g/mol. The van der Waals surface area contributed by atoms with Crippen molar-refractivity contribution in [2.24, 2.45) is 0 Å². The fraction of sp³-hybridized carbons (Fsp3) is 0.421. The Kier molecular flexibility index (Phi) is 4.51. The summed E-state index contributed by atoms with van der Waals surface area (Å²) in [7, 11) is 0. The number of carbonyl (C=O) groups is 2. The van der Waals surface area contributed by atoms with E-state index in [0.717, 1.165) is 29.5 Å². The zero-order valence-electron chi connectivity index (χ0n) is 14.3. The number of amides is 1. The van der Waals surface area contributed by atoms with Gasteiger partial charge in [0.2, 0.25) is 5.91 Å². The lowest BCUT2D eigenvalue weighted by molar-refractivity contribution is -0.130. The summed E-state index contributed by atoms with van der Waals surface area (Å²) in [5.41, 5.74) is 3.34. The maximum absolute atomic E-state index is 13.0. The molecule has 1 saturated heterocycles. The number of likely N-dealkylation sites (tertiary alicyclic amines) is 1. The molecule has 0 spiro atoms. The van der Waals surface area contributed by atoms with Gasteiger partial charge in [-0.15, -0.1) is 0 Å². The molecule has 2 aromatic rings. The van der Waals surface area contributed by atoms with E-state index in [2.05, 4.69) is 5.16 Å². The first-order chi connectivity index (χ1) is 11.5. The number of aromatic nitrogens is 1. The van der Waals surface area contributed by atoms with Crippen LogP contribution < -0.4 is 0 Å². The topological polar surface area (TPSA) is 63.4 Å². The summed E-state index contributed by atoms with van der Waals surface area (Å²) >= 11 is 0. The molecule has 1 amide bonds. The summed E-state index contributed by atoms with van der Waals surface area (Å²) < 4.78 is 5.01. The van der Waals surface area contributed by atoms with Crippen molar-refractivity contribution in [1.29, 1.82) is 0 Å². The first kappa shape index (κ1) is 16.4. The van der Waals surface area contributed by atoms with Crippen molar-refractivity contribution < 1.29 is 14.1 Å². The minimum atomic E-state index is -0.369. The van der Waals surface area contributed by atoms with Crippen molar-refractivity contribution in [1.82, 2.24) is 10.1 Å². The van der Waals surface area contributed by atoms with Crippen LogP contribution in [0.1, 0.15) is 45.8 Å². The van der Waals surface area contributed by atoms with Gasteiger partial charge in [0, 0.05) is 18.2 Å². The predicted molar refractivity (Wildman–Crippen MR) is 89.9 cm³/mol. The van der Waals surface area contributed by atoms with E-state index in [1.165, 1.54) is 0 Å². The number of Topliss-reactive ketones (excluding diaryl/α,β-unsaturated/α-hetero) is 1. The molecule has 1 unspecified atom stereocenters. The van der Waals surface area contributed by atoms with Crippen LogP contribution in [0, 0.1) is 20.8 Å². The average molecular weight is 326 g/mol. The second-order valence-electron chi connectivity index (χ2n) is 6.53. The van der Waals surface area contributed by atoms with E-state index in [1.54, 1.807) is 17.9 Å². The molecule has 1 aliphatic rings. The minimum absolute atomic E-state index is 0.0402. The molecule has 5 nitrogen and oxygen atoms in total. The van der Waals surface area contributed by atoms with E-state index in [0.29, 0.717) is 18.0 Å². The normalized spacial score (nSPS) is 17.3. The van der Waals surface area contributed by atoms with Crippen molar-refractivity contribution in [2.45, 2.75) is 46.1 Å². The molecule has 24 heavy (non-hydrogen) atoms. The van der Waals surface area contributed by atoms with E-state index in [-0.39, 0.29) is 24.2 Å². The lowest BCUT2D eigenvalue weighted by Crippen LogP contribution is -2.41. The molecule has 0 radical (unpaired) electrons. The van der Waals surface area contributed by atoms with Gasteiger partial charge in [-0.3, -0.25) is 9.59 Å². The lowest BCUT2D eigenvalue weighted by Gasteiger charge is -2.24. The van der Waals surface area contributed by atoms with Crippen LogP contribution in [0.5, 0.6) is 0 Å². The molecule has 1 atom stereocenters. The van der Waals surface area contributed by atoms with Gasteiger partial charge in [-0.2, -0.15) is 0 Å².